The largest absolute Gasteiger partial charge is 0.482 e. The molecule has 0 saturated carbocycles. The molecule has 25 heavy (non-hydrogen) atoms. The highest BCUT2D eigenvalue weighted by Crippen LogP contribution is 2.30. The average molecular weight is 366 g/mol. The van der Waals surface area contributed by atoms with E-state index >= 15 is 0 Å². The van der Waals surface area contributed by atoms with E-state index in [-0.39, 0.29) is 24.1 Å². The first-order chi connectivity index (χ1) is 11.7. The van der Waals surface area contributed by atoms with Crippen LogP contribution in [0.3, 0.4) is 0 Å². The van der Waals surface area contributed by atoms with Crippen molar-refractivity contribution in [2.45, 2.75) is 33.7 Å². The SMILES string of the molecule is CC(=O)C(NC(=O)COc1cc2oc(=O)cc(C)c2cc1Cl)C(C)C. The number of fused-ring (bicyclic) bond motifs is 1. The minimum atomic E-state index is -0.566. The van der Waals surface area contributed by atoms with E-state index in [1.807, 2.05) is 13.8 Å². The zero-order chi connectivity index (χ0) is 18.7. The monoisotopic (exact) mass is 365 g/mol. The first-order valence-electron chi connectivity index (χ1n) is 7.85. The molecule has 1 aromatic heterocycles. The maximum Gasteiger partial charge on any atom is 0.336 e. The lowest BCUT2D eigenvalue weighted by Crippen LogP contribution is -2.45. The number of benzene rings is 1. The number of hydrogen-bond donors (Lipinski definition) is 1. The topological polar surface area (TPSA) is 85.6 Å². The van der Waals surface area contributed by atoms with Crippen molar-refractivity contribution in [3.8, 4) is 5.75 Å². The molecule has 0 radical (unpaired) electrons. The summed E-state index contributed by atoms with van der Waals surface area (Å²) in [6.07, 6.45) is 0. The third kappa shape index (κ3) is 4.60. The van der Waals surface area contributed by atoms with E-state index in [9.17, 15) is 14.4 Å². The maximum atomic E-state index is 12.0. The lowest BCUT2D eigenvalue weighted by Gasteiger charge is -2.19. The molecule has 1 N–H and O–H groups in total. The summed E-state index contributed by atoms with van der Waals surface area (Å²) in [5.74, 6) is -0.356. The van der Waals surface area contributed by atoms with Gasteiger partial charge in [0.25, 0.3) is 5.91 Å². The van der Waals surface area contributed by atoms with Crippen LogP contribution in [0.2, 0.25) is 5.02 Å². The van der Waals surface area contributed by atoms with Gasteiger partial charge in [-0.1, -0.05) is 25.4 Å². The predicted molar refractivity (Wildman–Crippen MR) is 95.2 cm³/mol. The number of aryl methyl sites for hydroxylation is 1. The second kappa shape index (κ2) is 7.70. The summed E-state index contributed by atoms with van der Waals surface area (Å²) in [5, 5.41) is 3.62. The number of carbonyl (C=O) groups excluding carboxylic acids is 2. The quantitative estimate of drug-likeness (QED) is 0.795. The molecule has 2 aromatic rings. The molecule has 0 aliphatic heterocycles. The number of amides is 1. The van der Waals surface area contributed by atoms with Gasteiger partial charge < -0.3 is 14.5 Å². The first-order valence-corrected chi connectivity index (χ1v) is 8.23. The van der Waals surface area contributed by atoms with E-state index in [0.717, 1.165) is 5.56 Å². The van der Waals surface area contributed by atoms with Crippen LogP contribution in [-0.2, 0) is 9.59 Å². The molecule has 6 nitrogen and oxygen atoms in total. The number of ether oxygens (including phenoxy) is 1. The van der Waals surface area contributed by atoms with Crippen LogP contribution in [-0.4, -0.2) is 24.3 Å². The summed E-state index contributed by atoms with van der Waals surface area (Å²) in [7, 11) is 0. The van der Waals surface area contributed by atoms with Crippen LogP contribution in [0.15, 0.2) is 27.4 Å². The van der Waals surface area contributed by atoms with Crippen LogP contribution in [0.4, 0.5) is 0 Å². The van der Waals surface area contributed by atoms with E-state index in [0.29, 0.717) is 16.0 Å². The molecule has 0 aliphatic carbocycles. The predicted octanol–water partition coefficient (Wildman–Crippen LogP) is 2.86. The first kappa shape index (κ1) is 19.0. The Morgan fingerprint density at radius 3 is 2.56 bits per heavy atom. The van der Waals surface area contributed by atoms with Crippen molar-refractivity contribution in [3.63, 3.8) is 0 Å². The zero-order valence-electron chi connectivity index (χ0n) is 14.5. The molecule has 1 heterocycles. The summed E-state index contributed by atoms with van der Waals surface area (Å²) < 4.78 is 10.6. The van der Waals surface area contributed by atoms with Crippen molar-refractivity contribution in [1.82, 2.24) is 5.32 Å². The van der Waals surface area contributed by atoms with Crippen molar-refractivity contribution in [1.29, 1.82) is 0 Å². The molecule has 2 rings (SSSR count). The van der Waals surface area contributed by atoms with Crippen molar-refractivity contribution >= 4 is 34.3 Å². The summed E-state index contributed by atoms with van der Waals surface area (Å²) in [4.78, 5) is 35.0. The van der Waals surface area contributed by atoms with Crippen LogP contribution >= 0.6 is 11.6 Å². The molecule has 0 saturated heterocycles. The van der Waals surface area contributed by atoms with Gasteiger partial charge in [0.15, 0.2) is 12.4 Å². The second-order valence-electron chi connectivity index (χ2n) is 6.22. The standard InChI is InChI=1S/C18H20ClNO5/c1-9(2)18(11(4)21)20-16(22)8-24-15-7-14-12(6-13(15)19)10(3)5-17(23)25-14/h5-7,9,18H,8H2,1-4H3,(H,20,22). The second-order valence-corrected chi connectivity index (χ2v) is 6.62. The molecule has 1 aromatic carbocycles. The third-order valence-corrected chi connectivity index (χ3v) is 4.08. The summed E-state index contributed by atoms with van der Waals surface area (Å²) in [6.45, 7) is 6.58. The number of rotatable bonds is 6. The number of Topliss-reactive ketones (excluding diaryl/α,β-unsaturated/α-hetero) is 1. The number of nitrogens with one attached hydrogen (secondary N) is 1. The van der Waals surface area contributed by atoms with Gasteiger partial charge in [0.1, 0.15) is 11.3 Å². The molecule has 0 fully saturated rings. The van der Waals surface area contributed by atoms with Gasteiger partial charge in [-0.25, -0.2) is 4.79 Å². The van der Waals surface area contributed by atoms with Gasteiger partial charge >= 0.3 is 5.63 Å². The highest BCUT2D eigenvalue weighted by molar-refractivity contribution is 6.32. The Morgan fingerprint density at radius 1 is 1.28 bits per heavy atom. The Morgan fingerprint density at radius 2 is 1.96 bits per heavy atom. The Kier molecular flexibility index (Phi) is 5.85. The van der Waals surface area contributed by atoms with Crippen LogP contribution in [0.1, 0.15) is 26.3 Å². The summed E-state index contributed by atoms with van der Waals surface area (Å²) in [5.41, 5.74) is 0.588. The van der Waals surface area contributed by atoms with Crippen LogP contribution in [0.25, 0.3) is 11.0 Å². The molecule has 7 heteroatoms. The van der Waals surface area contributed by atoms with Crippen molar-refractivity contribution < 1.29 is 18.7 Å². The van der Waals surface area contributed by atoms with Crippen molar-refractivity contribution in [2.24, 2.45) is 5.92 Å². The Labute approximate surface area is 150 Å². The number of ketones is 1. The lowest BCUT2D eigenvalue weighted by atomic mass is 10.0. The van der Waals surface area contributed by atoms with Crippen LogP contribution < -0.4 is 15.7 Å². The smallest absolute Gasteiger partial charge is 0.336 e. The molecule has 0 bridgehead atoms. The van der Waals surface area contributed by atoms with E-state index < -0.39 is 17.6 Å². The number of hydrogen-bond acceptors (Lipinski definition) is 5. The van der Waals surface area contributed by atoms with E-state index in [1.54, 1.807) is 13.0 Å². The van der Waals surface area contributed by atoms with Crippen molar-refractivity contribution in [3.05, 3.63) is 39.2 Å². The van der Waals surface area contributed by atoms with Gasteiger partial charge in [0.05, 0.1) is 11.1 Å². The van der Waals surface area contributed by atoms with Crippen LogP contribution in [0, 0.1) is 12.8 Å². The fraction of sp³-hybridized carbons (Fsp3) is 0.389. The van der Waals surface area contributed by atoms with E-state index in [2.05, 4.69) is 5.32 Å². The molecule has 1 unspecified atom stereocenters. The van der Waals surface area contributed by atoms with E-state index in [4.69, 9.17) is 20.8 Å². The molecular formula is C18H20ClNO5. The number of halogens is 1. The van der Waals surface area contributed by atoms with Gasteiger partial charge in [-0.05, 0) is 31.4 Å². The molecule has 0 aliphatic rings. The average Bonchev–Trinajstić information content (AvgIpc) is 2.50. The zero-order valence-corrected chi connectivity index (χ0v) is 15.3. The maximum absolute atomic E-state index is 12.0. The molecule has 134 valence electrons. The van der Waals surface area contributed by atoms with Crippen LogP contribution in [0.5, 0.6) is 5.75 Å². The highest BCUT2D eigenvalue weighted by Gasteiger charge is 2.21. The van der Waals surface area contributed by atoms with E-state index in [1.165, 1.54) is 19.1 Å². The van der Waals surface area contributed by atoms with Gasteiger partial charge in [0, 0.05) is 17.5 Å². The van der Waals surface area contributed by atoms with Gasteiger partial charge in [0.2, 0.25) is 0 Å². The normalized spacial score (nSPS) is 12.2. The third-order valence-electron chi connectivity index (χ3n) is 3.78. The molecule has 1 atom stereocenters. The minimum Gasteiger partial charge on any atom is -0.482 e. The Hall–Kier alpha value is -2.34. The number of carbonyl (C=O) groups is 2. The molecule has 0 spiro atoms. The fourth-order valence-corrected chi connectivity index (χ4v) is 2.74. The fourth-order valence-electron chi connectivity index (χ4n) is 2.53. The Balaban J connectivity index is 2.15. The highest BCUT2D eigenvalue weighted by atomic mass is 35.5. The molecule has 1 amide bonds. The van der Waals surface area contributed by atoms with Gasteiger partial charge in [-0.15, -0.1) is 0 Å². The summed E-state index contributed by atoms with van der Waals surface area (Å²) >= 11 is 6.17. The minimum absolute atomic E-state index is 0.0250. The lowest BCUT2D eigenvalue weighted by molar-refractivity contribution is -0.129. The Bertz CT molecular complexity index is 872. The van der Waals surface area contributed by atoms with Gasteiger partial charge in [-0.2, -0.15) is 0 Å². The van der Waals surface area contributed by atoms with Gasteiger partial charge in [-0.3, -0.25) is 9.59 Å². The van der Waals surface area contributed by atoms with Crippen molar-refractivity contribution in [2.75, 3.05) is 6.61 Å². The summed E-state index contributed by atoms with van der Waals surface area (Å²) in [6, 6.07) is 3.91. The molecular weight excluding hydrogens is 346 g/mol.